The average Bonchev–Trinajstić information content (AvgIpc) is 2.65. The predicted octanol–water partition coefficient (Wildman–Crippen LogP) is 1.46. The van der Waals surface area contributed by atoms with Crippen LogP contribution in [0.15, 0.2) is 15.7 Å². The van der Waals surface area contributed by atoms with Gasteiger partial charge in [0.05, 0.1) is 17.0 Å². The monoisotopic (exact) mass is 277 g/mol. The lowest BCUT2D eigenvalue weighted by Gasteiger charge is -2.35. The molecule has 6 nitrogen and oxygen atoms in total. The van der Waals surface area contributed by atoms with Gasteiger partial charge in [-0.2, -0.15) is 0 Å². The van der Waals surface area contributed by atoms with Crippen molar-refractivity contribution < 1.29 is 4.74 Å². The molecule has 0 aromatic carbocycles. The summed E-state index contributed by atoms with van der Waals surface area (Å²) >= 11 is 0. The number of rotatable bonds is 1. The lowest BCUT2D eigenvalue weighted by atomic mass is 9.94. The Bertz CT molecular complexity index is 766. The molecule has 3 rings (SSSR count). The van der Waals surface area contributed by atoms with Crippen molar-refractivity contribution in [3.8, 4) is 0 Å². The van der Waals surface area contributed by atoms with Crippen LogP contribution in [0, 0.1) is 6.92 Å². The second-order valence-corrected chi connectivity index (χ2v) is 6.11. The quantitative estimate of drug-likeness (QED) is 0.828. The Labute approximate surface area is 115 Å². The molecule has 1 fully saturated rings. The average molecular weight is 277 g/mol. The summed E-state index contributed by atoms with van der Waals surface area (Å²) in [6.07, 6.45) is 1.61. The number of hydrogen-bond acceptors (Lipinski definition) is 3. The van der Waals surface area contributed by atoms with Crippen LogP contribution in [0.4, 0.5) is 0 Å². The van der Waals surface area contributed by atoms with E-state index in [-0.39, 0.29) is 22.8 Å². The molecule has 2 aromatic heterocycles. The third-order valence-corrected chi connectivity index (χ3v) is 3.95. The van der Waals surface area contributed by atoms with Gasteiger partial charge in [-0.3, -0.25) is 19.4 Å². The first-order valence-electron chi connectivity index (χ1n) is 6.85. The molecule has 2 aromatic rings. The van der Waals surface area contributed by atoms with E-state index in [1.807, 2.05) is 13.8 Å². The third-order valence-electron chi connectivity index (χ3n) is 3.95. The Kier molecular flexibility index (Phi) is 2.86. The lowest BCUT2D eigenvalue weighted by Crippen LogP contribution is -2.35. The Morgan fingerprint density at radius 2 is 2.15 bits per heavy atom. The number of pyridine rings is 1. The summed E-state index contributed by atoms with van der Waals surface area (Å²) in [5.74, 6) is 0. The molecule has 108 valence electrons. The minimum atomic E-state index is -0.222. The van der Waals surface area contributed by atoms with Gasteiger partial charge < -0.3 is 9.72 Å². The van der Waals surface area contributed by atoms with E-state index in [0.29, 0.717) is 23.2 Å². The molecule has 0 amide bonds. The number of fused-ring (bicyclic) bond motifs is 1. The molecule has 1 aliphatic heterocycles. The van der Waals surface area contributed by atoms with Crippen LogP contribution in [0.3, 0.4) is 0 Å². The van der Waals surface area contributed by atoms with Gasteiger partial charge in [0.15, 0.2) is 0 Å². The van der Waals surface area contributed by atoms with Crippen LogP contribution in [-0.2, 0) is 4.74 Å². The van der Waals surface area contributed by atoms with Gasteiger partial charge in [0, 0.05) is 12.7 Å². The summed E-state index contributed by atoms with van der Waals surface area (Å²) in [5.41, 5.74) is 0.727. The minimum absolute atomic E-state index is 0.126. The van der Waals surface area contributed by atoms with E-state index in [1.165, 1.54) is 6.07 Å². The molecule has 1 atom stereocenters. The van der Waals surface area contributed by atoms with Gasteiger partial charge in [-0.25, -0.2) is 0 Å². The van der Waals surface area contributed by atoms with Crippen molar-refractivity contribution >= 4 is 11.0 Å². The van der Waals surface area contributed by atoms with Gasteiger partial charge in [-0.05, 0) is 39.2 Å². The minimum Gasteiger partial charge on any atom is -0.375 e. The molecular formula is C14H19N3O3. The number of aryl methyl sites for hydroxylation is 1. The van der Waals surface area contributed by atoms with E-state index in [1.54, 1.807) is 11.6 Å². The molecule has 0 saturated carbocycles. The Morgan fingerprint density at radius 3 is 2.85 bits per heavy atom. The second-order valence-electron chi connectivity index (χ2n) is 6.11. The predicted molar refractivity (Wildman–Crippen MR) is 76.2 cm³/mol. The lowest BCUT2D eigenvalue weighted by molar-refractivity contribution is -0.0702. The highest BCUT2D eigenvalue weighted by Gasteiger charge is 2.31. The molecule has 0 radical (unpaired) electrons. The number of nitrogens with one attached hydrogen (secondary N) is 2. The largest absolute Gasteiger partial charge is 0.375 e. The zero-order valence-electron chi connectivity index (χ0n) is 11.9. The normalized spacial score (nSPS) is 22.2. The van der Waals surface area contributed by atoms with Crippen LogP contribution in [0.1, 0.15) is 38.3 Å². The highest BCUT2D eigenvalue weighted by molar-refractivity contribution is 5.78. The summed E-state index contributed by atoms with van der Waals surface area (Å²) in [6.45, 7) is 6.51. The van der Waals surface area contributed by atoms with E-state index < -0.39 is 0 Å². The standard InChI is InChI=1S/C14H19N3O3/c1-8-6-10(18)15-12-11(8)13(19)16-17(12)9-4-5-20-14(2,3)7-9/h6,9H,4-5,7H2,1-3H3,(H,15,18)(H,16,19). The molecule has 1 aliphatic rings. The summed E-state index contributed by atoms with van der Waals surface area (Å²) < 4.78 is 7.51. The van der Waals surface area contributed by atoms with Crippen LogP contribution >= 0.6 is 0 Å². The zero-order chi connectivity index (χ0) is 14.5. The maximum absolute atomic E-state index is 12.1. The number of ether oxygens (including phenoxy) is 1. The molecule has 1 saturated heterocycles. The topological polar surface area (TPSA) is 79.9 Å². The van der Waals surface area contributed by atoms with Gasteiger partial charge in [0.1, 0.15) is 5.65 Å². The van der Waals surface area contributed by atoms with Crippen LogP contribution in [-0.4, -0.2) is 27.0 Å². The van der Waals surface area contributed by atoms with Crippen molar-refractivity contribution in [3.05, 3.63) is 32.3 Å². The molecule has 0 aliphatic carbocycles. The van der Waals surface area contributed by atoms with Crippen molar-refractivity contribution in [1.29, 1.82) is 0 Å². The zero-order valence-corrected chi connectivity index (χ0v) is 11.9. The van der Waals surface area contributed by atoms with E-state index in [2.05, 4.69) is 10.1 Å². The number of nitrogens with zero attached hydrogens (tertiary/aromatic N) is 1. The first-order valence-corrected chi connectivity index (χ1v) is 6.85. The van der Waals surface area contributed by atoms with Crippen molar-refractivity contribution in [1.82, 2.24) is 14.8 Å². The highest BCUT2D eigenvalue weighted by atomic mass is 16.5. The fraction of sp³-hybridized carbons (Fsp3) is 0.571. The fourth-order valence-electron chi connectivity index (χ4n) is 3.05. The van der Waals surface area contributed by atoms with E-state index >= 15 is 0 Å². The molecular weight excluding hydrogens is 258 g/mol. The smallest absolute Gasteiger partial charge is 0.273 e. The maximum atomic E-state index is 12.1. The van der Waals surface area contributed by atoms with Crippen LogP contribution in [0.2, 0.25) is 0 Å². The number of aromatic amines is 2. The van der Waals surface area contributed by atoms with E-state index in [9.17, 15) is 9.59 Å². The van der Waals surface area contributed by atoms with Crippen molar-refractivity contribution in [2.24, 2.45) is 0 Å². The molecule has 3 heterocycles. The molecule has 1 unspecified atom stereocenters. The Morgan fingerprint density at radius 1 is 1.40 bits per heavy atom. The van der Waals surface area contributed by atoms with Crippen LogP contribution in [0.25, 0.3) is 11.0 Å². The SMILES string of the molecule is Cc1cc(=O)[nH]c2c1c(=O)[nH]n2C1CCOC(C)(C)C1. The Hall–Kier alpha value is -1.82. The number of H-pyrrole nitrogens is 2. The number of aromatic nitrogens is 3. The van der Waals surface area contributed by atoms with Crippen LogP contribution < -0.4 is 11.1 Å². The van der Waals surface area contributed by atoms with Gasteiger partial charge >= 0.3 is 0 Å². The highest BCUT2D eigenvalue weighted by Crippen LogP contribution is 2.32. The molecule has 2 N–H and O–H groups in total. The maximum Gasteiger partial charge on any atom is 0.273 e. The summed E-state index contributed by atoms with van der Waals surface area (Å²) in [5, 5.41) is 3.43. The molecule has 0 bridgehead atoms. The fourth-order valence-corrected chi connectivity index (χ4v) is 3.05. The van der Waals surface area contributed by atoms with Gasteiger partial charge in [0.25, 0.3) is 5.56 Å². The van der Waals surface area contributed by atoms with Gasteiger partial charge in [-0.1, -0.05) is 0 Å². The third kappa shape index (κ3) is 2.10. The first kappa shape index (κ1) is 13.2. The Balaban J connectivity index is 2.17. The van der Waals surface area contributed by atoms with Crippen LogP contribution in [0.5, 0.6) is 0 Å². The van der Waals surface area contributed by atoms with Gasteiger partial charge in [-0.15, -0.1) is 0 Å². The summed E-state index contributed by atoms with van der Waals surface area (Å²) in [7, 11) is 0. The summed E-state index contributed by atoms with van der Waals surface area (Å²) in [6, 6.07) is 1.58. The molecule has 0 spiro atoms. The van der Waals surface area contributed by atoms with Gasteiger partial charge in [0.2, 0.25) is 5.56 Å². The second kappa shape index (κ2) is 4.34. The molecule has 20 heavy (non-hydrogen) atoms. The van der Waals surface area contributed by atoms with E-state index in [0.717, 1.165) is 12.8 Å². The van der Waals surface area contributed by atoms with Crippen molar-refractivity contribution in [2.75, 3.05) is 6.61 Å². The van der Waals surface area contributed by atoms with Crippen molar-refractivity contribution in [2.45, 2.75) is 45.3 Å². The van der Waals surface area contributed by atoms with E-state index in [4.69, 9.17) is 4.74 Å². The first-order chi connectivity index (χ1) is 9.37. The van der Waals surface area contributed by atoms with Crippen molar-refractivity contribution in [3.63, 3.8) is 0 Å². The molecule has 6 heteroatoms. The summed E-state index contributed by atoms with van der Waals surface area (Å²) in [4.78, 5) is 26.6. The number of hydrogen-bond donors (Lipinski definition) is 2.